The van der Waals surface area contributed by atoms with Crippen LogP contribution in [-0.2, 0) is 11.3 Å². The second-order valence-corrected chi connectivity index (χ2v) is 5.90. The summed E-state index contributed by atoms with van der Waals surface area (Å²) in [5.41, 5.74) is 1.37. The molecule has 2 rings (SSSR count). The van der Waals surface area contributed by atoms with Crippen LogP contribution in [0.4, 0.5) is 0 Å². The van der Waals surface area contributed by atoms with Gasteiger partial charge >= 0.3 is 0 Å². The average molecular weight is 362 g/mol. The summed E-state index contributed by atoms with van der Waals surface area (Å²) in [6, 6.07) is 6.67. The minimum absolute atomic E-state index is 0.0352. The summed E-state index contributed by atoms with van der Waals surface area (Å²) >= 11 is 5.66. The number of nitrogens with zero attached hydrogens (tertiary/aromatic N) is 3. The number of allylic oxidation sites excluding steroid dienone is 1. The number of ether oxygens (including phenoxy) is 1. The minimum atomic E-state index is -0.127. The molecule has 0 saturated carbocycles. The predicted octanol–water partition coefficient (Wildman–Crippen LogP) is 2.49. The Bertz CT molecular complexity index is 751. The van der Waals surface area contributed by atoms with Crippen LogP contribution in [0.15, 0.2) is 42.7 Å². The first-order valence-corrected chi connectivity index (χ1v) is 8.27. The molecule has 6 nitrogen and oxygen atoms in total. The number of alkyl halides is 1. The Balaban J connectivity index is 1.93. The first-order valence-electron chi connectivity index (χ1n) is 7.73. The van der Waals surface area contributed by atoms with Crippen molar-refractivity contribution in [1.29, 1.82) is 0 Å². The molecule has 1 amide bonds. The van der Waals surface area contributed by atoms with Crippen molar-refractivity contribution in [2.24, 2.45) is 0 Å². The van der Waals surface area contributed by atoms with Crippen molar-refractivity contribution in [2.45, 2.75) is 6.54 Å². The van der Waals surface area contributed by atoms with Crippen molar-refractivity contribution in [3.63, 3.8) is 0 Å². The highest BCUT2D eigenvalue weighted by atomic mass is 35.5. The third-order valence-electron chi connectivity index (χ3n) is 3.39. The smallest absolute Gasteiger partial charge is 0.259 e. The Morgan fingerprint density at radius 3 is 2.64 bits per heavy atom. The highest BCUT2D eigenvalue weighted by Crippen LogP contribution is 2.13. The van der Waals surface area contributed by atoms with Gasteiger partial charge in [0.1, 0.15) is 5.75 Å². The minimum Gasteiger partial charge on any atom is -0.484 e. The van der Waals surface area contributed by atoms with Gasteiger partial charge in [0.25, 0.3) is 5.91 Å². The molecule has 25 heavy (non-hydrogen) atoms. The first kappa shape index (κ1) is 18.7. The summed E-state index contributed by atoms with van der Waals surface area (Å²) in [7, 11) is 3.33. The van der Waals surface area contributed by atoms with E-state index >= 15 is 0 Å². The molecule has 2 aromatic rings. The lowest BCUT2D eigenvalue weighted by molar-refractivity contribution is -0.130. The lowest BCUT2D eigenvalue weighted by Gasteiger charge is -2.11. The Morgan fingerprint density at radius 1 is 1.28 bits per heavy atom. The Morgan fingerprint density at radius 2 is 2.00 bits per heavy atom. The number of likely N-dealkylation sites (N-methyl/N-ethyl adjacent to an activating group) is 1. The summed E-state index contributed by atoms with van der Waals surface area (Å²) < 4.78 is 7.10. The van der Waals surface area contributed by atoms with Gasteiger partial charge < -0.3 is 9.64 Å². The maximum Gasteiger partial charge on any atom is 0.259 e. The molecule has 0 aliphatic heterocycles. The maximum atomic E-state index is 12.2. The van der Waals surface area contributed by atoms with E-state index in [-0.39, 0.29) is 18.3 Å². The summed E-state index contributed by atoms with van der Waals surface area (Å²) in [6.07, 6.45) is 6.70. The van der Waals surface area contributed by atoms with E-state index in [1.807, 2.05) is 6.20 Å². The summed E-state index contributed by atoms with van der Waals surface area (Å²) in [5, 5.41) is 4.14. The second-order valence-electron chi connectivity index (χ2n) is 5.52. The highest BCUT2D eigenvalue weighted by Gasteiger charge is 2.06. The number of carbonyl (C=O) groups is 2. The second kappa shape index (κ2) is 9.03. The van der Waals surface area contributed by atoms with Crippen LogP contribution in [0.3, 0.4) is 0 Å². The zero-order valence-corrected chi connectivity index (χ0v) is 14.9. The van der Waals surface area contributed by atoms with Crippen LogP contribution in [0.1, 0.15) is 15.9 Å². The van der Waals surface area contributed by atoms with Crippen molar-refractivity contribution in [1.82, 2.24) is 14.7 Å². The molecule has 1 heterocycles. The fourth-order valence-corrected chi connectivity index (χ4v) is 2.11. The van der Waals surface area contributed by atoms with Crippen LogP contribution < -0.4 is 4.74 Å². The highest BCUT2D eigenvalue weighted by molar-refractivity contribution is 6.17. The molecule has 0 N–H and O–H groups in total. The lowest BCUT2D eigenvalue weighted by Crippen LogP contribution is -2.27. The zero-order chi connectivity index (χ0) is 18.2. The number of hydrogen-bond donors (Lipinski definition) is 0. The molecule has 0 aliphatic rings. The number of halogens is 1. The van der Waals surface area contributed by atoms with Crippen LogP contribution in [-0.4, -0.2) is 53.0 Å². The summed E-state index contributed by atoms with van der Waals surface area (Å²) in [6.45, 7) is 0.591. The van der Waals surface area contributed by atoms with E-state index in [1.165, 1.54) is 11.0 Å². The average Bonchev–Trinajstić information content (AvgIpc) is 3.05. The number of aromatic nitrogens is 2. The molecule has 0 aliphatic carbocycles. The van der Waals surface area contributed by atoms with Gasteiger partial charge in [-0.05, 0) is 36.4 Å². The molecule has 0 saturated heterocycles. The SMILES string of the molecule is CN(C)C(=O)COc1ccc(C(=O)/C=C/c2cnn(CCCl)c2)cc1. The van der Waals surface area contributed by atoms with Crippen LogP contribution in [0.5, 0.6) is 5.75 Å². The van der Waals surface area contributed by atoms with Gasteiger partial charge in [-0.2, -0.15) is 5.10 Å². The topological polar surface area (TPSA) is 64.4 Å². The van der Waals surface area contributed by atoms with Crippen molar-refractivity contribution in [3.8, 4) is 5.75 Å². The van der Waals surface area contributed by atoms with Gasteiger partial charge in [-0.3, -0.25) is 14.3 Å². The largest absolute Gasteiger partial charge is 0.484 e. The third-order valence-corrected chi connectivity index (χ3v) is 3.56. The van der Waals surface area contributed by atoms with Gasteiger partial charge in [0.05, 0.1) is 12.7 Å². The van der Waals surface area contributed by atoms with Gasteiger partial charge in [0, 0.05) is 37.3 Å². The zero-order valence-electron chi connectivity index (χ0n) is 14.2. The maximum absolute atomic E-state index is 12.2. The van der Waals surface area contributed by atoms with E-state index in [1.54, 1.807) is 55.3 Å². The van der Waals surface area contributed by atoms with Crippen molar-refractivity contribution in [2.75, 3.05) is 26.6 Å². The molecule has 0 radical (unpaired) electrons. The van der Waals surface area contributed by atoms with Crippen molar-refractivity contribution in [3.05, 3.63) is 53.9 Å². The standard InChI is InChI=1S/C18H20ClN3O3/c1-21(2)18(24)13-25-16-6-4-15(5-7-16)17(23)8-3-14-11-20-22(12-14)10-9-19/h3-8,11-12H,9-10,13H2,1-2H3/b8-3+. The molecule has 0 spiro atoms. The number of aryl methyl sites for hydroxylation is 1. The molecule has 1 aromatic carbocycles. The Kier molecular flexibility index (Phi) is 6.77. The molecule has 7 heteroatoms. The molecule has 132 valence electrons. The van der Waals surface area contributed by atoms with E-state index in [0.717, 1.165) is 5.56 Å². The normalized spacial score (nSPS) is 10.8. The van der Waals surface area contributed by atoms with Gasteiger partial charge in [-0.1, -0.05) is 0 Å². The molecule has 0 atom stereocenters. The van der Waals surface area contributed by atoms with Gasteiger partial charge in [0.2, 0.25) is 0 Å². The van der Waals surface area contributed by atoms with E-state index in [4.69, 9.17) is 16.3 Å². The van der Waals surface area contributed by atoms with E-state index in [2.05, 4.69) is 5.10 Å². The third kappa shape index (κ3) is 5.76. The number of amides is 1. The quantitative estimate of drug-likeness (QED) is 0.411. The molecular formula is C18H20ClN3O3. The van der Waals surface area contributed by atoms with Gasteiger partial charge in [-0.15, -0.1) is 11.6 Å². The first-order chi connectivity index (χ1) is 12.0. The van der Waals surface area contributed by atoms with Crippen LogP contribution in [0.25, 0.3) is 6.08 Å². The van der Waals surface area contributed by atoms with Crippen LogP contribution in [0.2, 0.25) is 0 Å². The molecule has 0 bridgehead atoms. The van der Waals surface area contributed by atoms with Gasteiger partial charge in [0.15, 0.2) is 12.4 Å². The van der Waals surface area contributed by atoms with E-state index in [9.17, 15) is 9.59 Å². The fraction of sp³-hybridized carbons (Fsp3) is 0.278. The van der Waals surface area contributed by atoms with Crippen molar-refractivity contribution < 1.29 is 14.3 Å². The fourth-order valence-electron chi connectivity index (χ4n) is 1.93. The summed E-state index contributed by atoms with van der Waals surface area (Å²) in [5.74, 6) is 0.773. The number of ketones is 1. The van der Waals surface area contributed by atoms with Crippen molar-refractivity contribution >= 4 is 29.4 Å². The number of carbonyl (C=O) groups excluding carboxylic acids is 2. The molecular weight excluding hydrogens is 342 g/mol. The van der Waals surface area contributed by atoms with Crippen LogP contribution in [0, 0.1) is 0 Å². The number of benzene rings is 1. The monoisotopic (exact) mass is 361 g/mol. The predicted molar refractivity (Wildman–Crippen MR) is 96.9 cm³/mol. The Hall–Kier alpha value is -2.60. The molecule has 1 aromatic heterocycles. The van der Waals surface area contributed by atoms with Gasteiger partial charge in [-0.25, -0.2) is 0 Å². The van der Waals surface area contributed by atoms with E-state index < -0.39 is 0 Å². The lowest BCUT2D eigenvalue weighted by atomic mass is 10.1. The van der Waals surface area contributed by atoms with E-state index in [0.29, 0.717) is 23.7 Å². The number of hydrogen-bond acceptors (Lipinski definition) is 4. The van der Waals surface area contributed by atoms with Crippen LogP contribution >= 0.6 is 11.6 Å². The molecule has 0 unspecified atom stereocenters. The Labute approximate surface area is 151 Å². The number of rotatable bonds is 8. The molecule has 0 fully saturated rings. The summed E-state index contributed by atoms with van der Waals surface area (Å²) in [4.78, 5) is 25.1.